The smallest absolute Gasteiger partial charge is 0.228 e. The number of fused-ring (bicyclic) bond motifs is 2. The van der Waals surface area contributed by atoms with Crippen LogP contribution in [-0.4, -0.2) is 75.0 Å². The van der Waals surface area contributed by atoms with Gasteiger partial charge in [0.1, 0.15) is 11.3 Å². The third kappa shape index (κ3) is 4.80. The summed E-state index contributed by atoms with van der Waals surface area (Å²) in [6.07, 6.45) is 1.22. The largest absolute Gasteiger partial charge is 0.508 e. The van der Waals surface area contributed by atoms with Crippen LogP contribution in [0.5, 0.6) is 5.75 Å². The number of halogens is 2. The molecule has 11 heteroatoms. The first-order chi connectivity index (χ1) is 18.6. The van der Waals surface area contributed by atoms with Crippen molar-refractivity contribution in [2.45, 2.75) is 24.9 Å². The van der Waals surface area contributed by atoms with E-state index in [9.17, 15) is 9.32 Å². The predicted octanol–water partition coefficient (Wildman–Crippen LogP) is 4.92. The number of rotatable bonds is 4. The van der Waals surface area contributed by atoms with E-state index < -0.39 is 15.5 Å². The topological polar surface area (TPSA) is 108 Å². The second kappa shape index (κ2) is 9.85. The Morgan fingerprint density at radius 1 is 1.13 bits per heavy atom. The number of nitrogens with two attached hydrogens (primary N) is 1. The van der Waals surface area contributed by atoms with Crippen molar-refractivity contribution in [1.82, 2.24) is 14.9 Å². The molecule has 2 aliphatic rings. The normalized spacial score (nSPS) is 22.0. The first-order valence-electron chi connectivity index (χ1n) is 12.9. The van der Waals surface area contributed by atoms with Crippen LogP contribution >= 0.6 is 11.6 Å². The summed E-state index contributed by atoms with van der Waals surface area (Å²) in [7, 11) is 1.40. The number of anilines is 1. The molecule has 0 bridgehead atoms. The number of hydrogen-bond acceptors (Lipinski definition) is 8. The molecule has 39 heavy (non-hydrogen) atoms. The lowest BCUT2D eigenvalue weighted by Gasteiger charge is -2.42. The molecule has 0 amide bonds. The molecule has 0 spiro atoms. The van der Waals surface area contributed by atoms with E-state index in [1.54, 1.807) is 12.1 Å². The molecule has 0 atom stereocenters. The predicted molar refractivity (Wildman–Crippen MR) is 156 cm³/mol. The van der Waals surface area contributed by atoms with E-state index in [4.69, 9.17) is 17.3 Å². The molecule has 6 rings (SSSR count). The molecule has 0 saturated carbocycles. The maximum absolute atomic E-state index is 16.5. The first kappa shape index (κ1) is 26.2. The van der Waals surface area contributed by atoms with Gasteiger partial charge in [-0.15, -0.1) is 0 Å². The van der Waals surface area contributed by atoms with Crippen LogP contribution in [-0.2, 0) is 9.73 Å². The maximum atomic E-state index is 16.5. The molecule has 0 aliphatic carbocycles. The van der Waals surface area contributed by atoms with Crippen LogP contribution in [0.25, 0.3) is 32.8 Å². The zero-order valence-corrected chi connectivity index (χ0v) is 23.3. The first-order valence-corrected chi connectivity index (χ1v) is 15.2. The fraction of sp³-hybridized carbons (Fsp3) is 0.357. The van der Waals surface area contributed by atoms with E-state index in [2.05, 4.69) is 19.2 Å². The van der Waals surface area contributed by atoms with Gasteiger partial charge in [0.15, 0.2) is 11.6 Å². The SMILES string of the molecule is CN(C)C1CN(c2nc(N=S3(=O)CCC(N)CC3)c3cc(Cl)c(-c4cc(O)cc5ccccc45)c(F)c3n2)C1. The van der Waals surface area contributed by atoms with Gasteiger partial charge in [0, 0.05) is 42.2 Å². The molecular weight excluding hydrogens is 539 g/mol. The highest BCUT2D eigenvalue weighted by atomic mass is 35.5. The summed E-state index contributed by atoms with van der Waals surface area (Å²) < 4.78 is 34.8. The van der Waals surface area contributed by atoms with E-state index in [0.29, 0.717) is 60.4 Å². The zero-order valence-electron chi connectivity index (χ0n) is 21.8. The Morgan fingerprint density at radius 3 is 2.56 bits per heavy atom. The average molecular weight is 569 g/mol. The van der Waals surface area contributed by atoms with Crippen molar-refractivity contribution >= 4 is 54.8 Å². The molecule has 3 N–H and O–H groups in total. The number of hydrogen-bond donors (Lipinski definition) is 2. The molecule has 2 fully saturated rings. The minimum Gasteiger partial charge on any atom is -0.508 e. The van der Waals surface area contributed by atoms with Crippen LogP contribution in [0.2, 0.25) is 5.02 Å². The quantitative estimate of drug-likeness (QED) is 0.360. The Balaban J connectivity index is 1.58. The van der Waals surface area contributed by atoms with Crippen LogP contribution in [0.4, 0.5) is 16.2 Å². The molecule has 3 heterocycles. The van der Waals surface area contributed by atoms with Gasteiger partial charge in [-0.25, -0.2) is 13.6 Å². The van der Waals surface area contributed by atoms with Crippen molar-refractivity contribution < 1.29 is 13.7 Å². The third-order valence-corrected chi connectivity index (χ3v) is 10.3. The molecule has 3 aromatic carbocycles. The summed E-state index contributed by atoms with van der Waals surface area (Å²) in [6, 6.07) is 12.5. The molecule has 2 aliphatic heterocycles. The number of aromatic nitrogens is 2. The number of phenolic OH excluding ortho intramolecular Hbond substituents is 1. The Labute approximate surface area is 231 Å². The number of aromatic hydroxyl groups is 1. The number of phenols is 1. The fourth-order valence-corrected chi connectivity index (χ4v) is 7.72. The maximum Gasteiger partial charge on any atom is 0.228 e. The van der Waals surface area contributed by atoms with Crippen LogP contribution in [0, 0.1) is 5.82 Å². The summed E-state index contributed by atoms with van der Waals surface area (Å²) in [6.45, 7) is 1.36. The van der Waals surface area contributed by atoms with Crippen molar-refractivity contribution in [2.75, 3.05) is 43.6 Å². The van der Waals surface area contributed by atoms with Gasteiger partial charge in [-0.3, -0.25) is 0 Å². The second-order valence-corrected chi connectivity index (χ2v) is 13.6. The lowest BCUT2D eigenvalue weighted by molar-refractivity contribution is 0.245. The molecule has 0 radical (unpaired) electrons. The summed E-state index contributed by atoms with van der Waals surface area (Å²) in [5, 5.41) is 12.3. The summed E-state index contributed by atoms with van der Waals surface area (Å²) >= 11 is 6.74. The van der Waals surface area contributed by atoms with Gasteiger partial charge < -0.3 is 20.6 Å². The zero-order chi connectivity index (χ0) is 27.5. The molecule has 2 saturated heterocycles. The van der Waals surface area contributed by atoms with E-state index in [1.165, 1.54) is 6.07 Å². The number of benzene rings is 3. The standard InChI is InChI=1S/C28H30ClFN6O2S/c1-35(2)18-14-36(15-18)28-32-26-22(27(33-28)34-39(38)9-7-17(31)8-10-39)13-23(29)24(25(26)30)21-12-19(37)11-16-5-3-4-6-20(16)21/h3-6,11-13,17-18,37H,7-10,14-15,31H2,1-2H3. The van der Waals surface area contributed by atoms with E-state index >= 15 is 4.39 Å². The molecule has 204 valence electrons. The monoisotopic (exact) mass is 568 g/mol. The Kier molecular flexibility index (Phi) is 6.61. The molecule has 4 aromatic rings. The lowest BCUT2D eigenvalue weighted by atomic mass is 9.96. The van der Waals surface area contributed by atoms with Crippen molar-refractivity contribution in [3.8, 4) is 16.9 Å². The Morgan fingerprint density at radius 2 is 1.85 bits per heavy atom. The third-order valence-electron chi connectivity index (χ3n) is 7.71. The van der Waals surface area contributed by atoms with Crippen molar-refractivity contribution in [3.63, 3.8) is 0 Å². The minimum absolute atomic E-state index is 0.000962. The molecule has 1 aromatic heterocycles. The van der Waals surface area contributed by atoms with Gasteiger partial charge in [0.05, 0.1) is 20.1 Å². The average Bonchev–Trinajstić information content (AvgIpc) is 2.85. The van der Waals surface area contributed by atoms with Crippen molar-refractivity contribution in [3.05, 3.63) is 53.3 Å². The highest BCUT2D eigenvalue weighted by Gasteiger charge is 2.32. The summed E-state index contributed by atoms with van der Waals surface area (Å²) in [4.78, 5) is 13.4. The Bertz CT molecular complexity index is 1720. The van der Waals surface area contributed by atoms with Crippen LogP contribution in [0.15, 0.2) is 46.8 Å². The number of nitrogens with zero attached hydrogens (tertiary/aromatic N) is 5. The van der Waals surface area contributed by atoms with Gasteiger partial charge in [-0.2, -0.15) is 9.35 Å². The van der Waals surface area contributed by atoms with Gasteiger partial charge in [-0.1, -0.05) is 35.9 Å². The van der Waals surface area contributed by atoms with Gasteiger partial charge >= 0.3 is 0 Å². The van der Waals surface area contributed by atoms with E-state index in [-0.39, 0.29) is 33.7 Å². The molecule has 0 unspecified atom stereocenters. The van der Waals surface area contributed by atoms with E-state index in [1.807, 2.05) is 43.3 Å². The highest BCUT2D eigenvalue weighted by molar-refractivity contribution is 7.93. The number of likely N-dealkylation sites (N-methyl/N-ethyl adjacent to an activating group) is 1. The Hall–Kier alpha value is -3.05. The minimum atomic E-state index is -2.62. The van der Waals surface area contributed by atoms with Gasteiger partial charge in [0.2, 0.25) is 5.95 Å². The van der Waals surface area contributed by atoms with Crippen molar-refractivity contribution in [1.29, 1.82) is 0 Å². The second-order valence-electron chi connectivity index (χ2n) is 10.6. The molecule has 8 nitrogen and oxygen atoms in total. The van der Waals surface area contributed by atoms with Crippen LogP contribution in [0.3, 0.4) is 0 Å². The fourth-order valence-electron chi connectivity index (χ4n) is 5.24. The van der Waals surface area contributed by atoms with Crippen LogP contribution < -0.4 is 10.6 Å². The van der Waals surface area contributed by atoms with E-state index in [0.717, 1.165) is 10.8 Å². The van der Waals surface area contributed by atoms with Crippen molar-refractivity contribution in [2.24, 2.45) is 10.1 Å². The summed E-state index contributed by atoms with van der Waals surface area (Å²) in [5.74, 6) is 0.607. The lowest BCUT2D eigenvalue weighted by Crippen LogP contribution is -2.58. The van der Waals surface area contributed by atoms with Crippen LogP contribution in [0.1, 0.15) is 12.8 Å². The molecular formula is C28H30ClFN6O2S. The van der Waals surface area contributed by atoms with Gasteiger partial charge in [-0.05, 0) is 61.5 Å². The van der Waals surface area contributed by atoms with Gasteiger partial charge in [0.25, 0.3) is 0 Å². The highest BCUT2D eigenvalue weighted by Crippen LogP contribution is 2.42. The summed E-state index contributed by atoms with van der Waals surface area (Å²) in [5.41, 5.74) is 6.68.